The highest BCUT2D eigenvalue weighted by atomic mass is 16.1. The van der Waals surface area contributed by atoms with E-state index in [-0.39, 0.29) is 5.91 Å². The Bertz CT molecular complexity index is 546. The predicted molar refractivity (Wildman–Crippen MR) is 76.0 cm³/mol. The molecule has 0 saturated carbocycles. The maximum absolute atomic E-state index is 11.9. The van der Waals surface area contributed by atoms with Gasteiger partial charge in [-0.15, -0.1) is 0 Å². The summed E-state index contributed by atoms with van der Waals surface area (Å²) < 4.78 is 1.80. The van der Waals surface area contributed by atoms with Crippen molar-refractivity contribution in [1.29, 1.82) is 0 Å². The van der Waals surface area contributed by atoms with Crippen molar-refractivity contribution in [3.63, 3.8) is 0 Å². The van der Waals surface area contributed by atoms with Gasteiger partial charge < -0.3 is 5.32 Å². The molecular weight excluding hydrogens is 238 g/mol. The molecule has 1 aromatic heterocycles. The molecule has 1 amide bonds. The molecule has 0 aliphatic carbocycles. The van der Waals surface area contributed by atoms with E-state index in [4.69, 9.17) is 0 Å². The molecule has 0 aliphatic heterocycles. The van der Waals surface area contributed by atoms with Gasteiger partial charge in [0.2, 0.25) is 5.91 Å². The number of benzene rings is 1. The summed E-state index contributed by atoms with van der Waals surface area (Å²) in [5.74, 6) is 0.802. The number of carbonyl (C=O) groups is 1. The van der Waals surface area contributed by atoms with Gasteiger partial charge in [-0.05, 0) is 25.8 Å². The molecule has 2 rings (SSSR count). The van der Waals surface area contributed by atoms with Crippen LogP contribution in [-0.4, -0.2) is 15.7 Å². The Morgan fingerprint density at radius 2 is 2.05 bits per heavy atom. The van der Waals surface area contributed by atoms with E-state index in [1.165, 1.54) is 5.56 Å². The number of hydrogen-bond acceptors (Lipinski definition) is 2. The Hall–Kier alpha value is -2.10. The lowest BCUT2D eigenvalue weighted by Crippen LogP contribution is -2.15. The van der Waals surface area contributed by atoms with Gasteiger partial charge in [-0.25, -0.2) is 4.68 Å². The van der Waals surface area contributed by atoms with Gasteiger partial charge in [-0.1, -0.05) is 30.3 Å². The normalized spacial score (nSPS) is 10.4. The molecule has 0 aliphatic rings. The van der Waals surface area contributed by atoms with Gasteiger partial charge in [0, 0.05) is 19.0 Å². The first-order valence-corrected chi connectivity index (χ1v) is 6.57. The van der Waals surface area contributed by atoms with Crippen LogP contribution < -0.4 is 5.32 Å². The van der Waals surface area contributed by atoms with Crippen molar-refractivity contribution in [1.82, 2.24) is 9.78 Å². The lowest BCUT2D eigenvalue weighted by molar-refractivity contribution is -0.116. The fourth-order valence-electron chi connectivity index (χ4n) is 2.00. The van der Waals surface area contributed by atoms with Gasteiger partial charge in [0.05, 0.1) is 5.69 Å². The van der Waals surface area contributed by atoms with Crippen molar-refractivity contribution in [2.75, 3.05) is 5.32 Å². The first-order valence-electron chi connectivity index (χ1n) is 6.57. The van der Waals surface area contributed by atoms with Gasteiger partial charge in [0.15, 0.2) is 0 Å². The summed E-state index contributed by atoms with van der Waals surface area (Å²) in [5.41, 5.74) is 2.10. The number of nitrogens with zero attached hydrogens (tertiary/aromatic N) is 2. The number of aryl methyl sites for hydroxylation is 3. The van der Waals surface area contributed by atoms with E-state index in [0.29, 0.717) is 6.42 Å². The van der Waals surface area contributed by atoms with E-state index in [0.717, 1.165) is 24.5 Å². The summed E-state index contributed by atoms with van der Waals surface area (Å²) in [6.45, 7) is 4.68. The number of anilines is 1. The minimum absolute atomic E-state index is 0.0263. The highest BCUT2D eigenvalue weighted by molar-refractivity contribution is 5.90. The molecule has 4 nitrogen and oxygen atoms in total. The van der Waals surface area contributed by atoms with Crippen LogP contribution in [0.3, 0.4) is 0 Å². The van der Waals surface area contributed by atoms with E-state index < -0.39 is 0 Å². The number of carbonyl (C=O) groups excluding carboxylic acids is 1. The molecule has 2 aromatic rings. The zero-order valence-corrected chi connectivity index (χ0v) is 11.4. The summed E-state index contributed by atoms with van der Waals surface area (Å²) in [4.78, 5) is 11.9. The summed E-state index contributed by atoms with van der Waals surface area (Å²) >= 11 is 0. The van der Waals surface area contributed by atoms with Crippen LogP contribution in [0, 0.1) is 6.92 Å². The zero-order valence-electron chi connectivity index (χ0n) is 11.4. The lowest BCUT2D eigenvalue weighted by atomic mass is 10.1. The third-order valence-corrected chi connectivity index (χ3v) is 2.95. The first-order chi connectivity index (χ1) is 9.19. The number of amides is 1. The van der Waals surface area contributed by atoms with Crippen molar-refractivity contribution in [3.05, 3.63) is 47.7 Å². The van der Waals surface area contributed by atoms with Crippen molar-refractivity contribution < 1.29 is 4.79 Å². The standard InChI is InChI=1S/C15H19N3O/c1-3-18-14(11-12(2)17-18)16-15(19)10-9-13-7-5-4-6-8-13/h4-8,11H,3,9-10H2,1-2H3,(H,16,19). The molecule has 19 heavy (non-hydrogen) atoms. The van der Waals surface area contributed by atoms with Crippen LogP contribution >= 0.6 is 0 Å². The second-order valence-electron chi connectivity index (χ2n) is 4.52. The van der Waals surface area contributed by atoms with Gasteiger partial charge in [0.1, 0.15) is 5.82 Å². The fraction of sp³-hybridized carbons (Fsp3) is 0.333. The maximum Gasteiger partial charge on any atom is 0.225 e. The Morgan fingerprint density at radius 1 is 1.32 bits per heavy atom. The molecule has 1 N–H and O–H groups in total. The van der Waals surface area contributed by atoms with Crippen LogP contribution in [0.1, 0.15) is 24.6 Å². The van der Waals surface area contributed by atoms with Gasteiger partial charge in [0.25, 0.3) is 0 Å². The molecule has 0 radical (unpaired) electrons. The smallest absolute Gasteiger partial charge is 0.225 e. The van der Waals surface area contributed by atoms with Crippen LogP contribution in [-0.2, 0) is 17.8 Å². The van der Waals surface area contributed by atoms with Crippen LogP contribution in [0.25, 0.3) is 0 Å². The van der Waals surface area contributed by atoms with Crippen LogP contribution in [0.2, 0.25) is 0 Å². The summed E-state index contributed by atoms with van der Waals surface area (Å²) in [5, 5.41) is 7.22. The molecule has 4 heteroatoms. The summed E-state index contributed by atoms with van der Waals surface area (Å²) in [7, 11) is 0. The highest BCUT2D eigenvalue weighted by Gasteiger charge is 2.08. The third kappa shape index (κ3) is 3.68. The third-order valence-electron chi connectivity index (χ3n) is 2.95. The average Bonchev–Trinajstić information content (AvgIpc) is 2.77. The predicted octanol–water partition coefficient (Wildman–Crippen LogP) is 2.78. The molecule has 0 saturated heterocycles. The molecule has 0 unspecified atom stereocenters. The molecular formula is C15H19N3O. The monoisotopic (exact) mass is 257 g/mol. The molecule has 100 valence electrons. The van der Waals surface area contributed by atoms with Gasteiger partial charge >= 0.3 is 0 Å². The van der Waals surface area contributed by atoms with Crippen LogP contribution in [0.4, 0.5) is 5.82 Å². The minimum Gasteiger partial charge on any atom is -0.311 e. The summed E-state index contributed by atoms with van der Waals surface area (Å²) in [6.07, 6.45) is 1.24. The van der Waals surface area contributed by atoms with Crippen LogP contribution in [0.15, 0.2) is 36.4 Å². The fourth-order valence-corrected chi connectivity index (χ4v) is 2.00. The van der Waals surface area contributed by atoms with Crippen molar-refractivity contribution in [3.8, 4) is 0 Å². The topological polar surface area (TPSA) is 46.9 Å². The largest absolute Gasteiger partial charge is 0.311 e. The SMILES string of the molecule is CCn1nc(C)cc1NC(=O)CCc1ccccc1. The van der Waals surface area contributed by atoms with E-state index in [2.05, 4.69) is 10.4 Å². The highest BCUT2D eigenvalue weighted by Crippen LogP contribution is 2.11. The molecule has 0 atom stereocenters. The Balaban J connectivity index is 1.91. The molecule has 0 fully saturated rings. The van der Waals surface area contributed by atoms with E-state index in [1.54, 1.807) is 4.68 Å². The van der Waals surface area contributed by atoms with E-state index in [1.807, 2.05) is 50.2 Å². The Morgan fingerprint density at radius 3 is 2.74 bits per heavy atom. The zero-order chi connectivity index (χ0) is 13.7. The number of hydrogen-bond donors (Lipinski definition) is 1. The van der Waals surface area contributed by atoms with Gasteiger partial charge in [-0.3, -0.25) is 4.79 Å². The molecule has 0 bridgehead atoms. The molecule has 1 aromatic carbocycles. The molecule has 1 heterocycles. The average molecular weight is 257 g/mol. The first kappa shape index (κ1) is 13.3. The lowest BCUT2D eigenvalue weighted by Gasteiger charge is -2.06. The number of rotatable bonds is 5. The quantitative estimate of drug-likeness (QED) is 0.895. The van der Waals surface area contributed by atoms with Crippen molar-refractivity contribution in [2.24, 2.45) is 0 Å². The maximum atomic E-state index is 11.9. The van der Waals surface area contributed by atoms with E-state index in [9.17, 15) is 4.79 Å². The number of nitrogens with one attached hydrogen (secondary N) is 1. The molecule has 0 spiro atoms. The van der Waals surface area contributed by atoms with Crippen LogP contribution in [0.5, 0.6) is 0 Å². The van der Waals surface area contributed by atoms with E-state index >= 15 is 0 Å². The number of aromatic nitrogens is 2. The Kier molecular flexibility index (Phi) is 4.34. The summed E-state index contributed by atoms with van der Waals surface area (Å²) in [6, 6.07) is 11.9. The van der Waals surface area contributed by atoms with Crippen molar-refractivity contribution in [2.45, 2.75) is 33.2 Å². The Labute approximate surface area is 113 Å². The minimum atomic E-state index is 0.0263. The van der Waals surface area contributed by atoms with Gasteiger partial charge in [-0.2, -0.15) is 5.10 Å². The van der Waals surface area contributed by atoms with Crippen molar-refractivity contribution >= 4 is 11.7 Å². The second-order valence-corrected chi connectivity index (χ2v) is 4.52. The second kappa shape index (κ2) is 6.18.